The van der Waals surface area contributed by atoms with Gasteiger partial charge >= 0.3 is 0 Å². The summed E-state index contributed by atoms with van der Waals surface area (Å²) in [6, 6.07) is 11.9. The first-order valence-electron chi connectivity index (χ1n) is 8.93. The molecule has 27 heavy (non-hydrogen) atoms. The summed E-state index contributed by atoms with van der Waals surface area (Å²) < 4.78 is 10.9. The molecule has 0 heterocycles. The molecule has 2 aromatic carbocycles. The van der Waals surface area contributed by atoms with E-state index >= 15 is 0 Å². The average molecular weight is 390 g/mol. The van der Waals surface area contributed by atoms with Crippen LogP contribution >= 0.6 is 11.6 Å². The minimum absolute atomic E-state index is 0.0765. The van der Waals surface area contributed by atoms with Crippen molar-refractivity contribution in [2.24, 2.45) is 0 Å². The maximum Gasteiger partial charge on any atom is 0.224 e. The molecule has 2 aromatic rings. The molecule has 0 aromatic heterocycles. The van der Waals surface area contributed by atoms with E-state index in [1.165, 1.54) is 0 Å². The molecule has 0 fully saturated rings. The molecular weight excluding hydrogens is 366 g/mol. The van der Waals surface area contributed by atoms with Gasteiger partial charge in [-0.2, -0.15) is 0 Å². The van der Waals surface area contributed by atoms with Crippen molar-refractivity contribution in [1.82, 2.24) is 0 Å². The molecule has 1 amide bonds. The van der Waals surface area contributed by atoms with Crippen molar-refractivity contribution in [2.75, 3.05) is 19.0 Å². The molecule has 0 unspecified atom stereocenters. The van der Waals surface area contributed by atoms with Crippen LogP contribution in [0.1, 0.15) is 43.0 Å². The summed E-state index contributed by atoms with van der Waals surface area (Å²) in [4.78, 5) is 24.5. The summed E-state index contributed by atoms with van der Waals surface area (Å²) in [5.74, 6) is 0.838. The molecule has 1 N–H and O–H groups in total. The molecule has 5 nitrogen and oxygen atoms in total. The maximum atomic E-state index is 12.3. The van der Waals surface area contributed by atoms with Crippen LogP contribution in [0.2, 0.25) is 5.02 Å². The number of Topliss-reactive ketones (excluding diaryl/α,β-unsaturated/α-hetero) is 1. The number of anilines is 1. The number of carbonyl (C=O) groups is 2. The van der Waals surface area contributed by atoms with Gasteiger partial charge in [0.25, 0.3) is 0 Å². The predicted octanol–water partition coefficient (Wildman–Crippen LogP) is 5.13. The SMILES string of the molecule is CCCCOc1ccc(OC)cc1NC(=O)CCC(=O)c1ccc(Cl)cc1. The highest BCUT2D eigenvalue weighted by atomic mass is 35.5. The number of amides is 1. The quantitative estimate of drug-likeness (QED) is 0.452. The minimum Gasteiger partial charge on any atom is -0.497 e. The van der Waals surface area contributed by atoms with Crippen LogP contribution in [-0.4, -0.2) is 25.4 Å². The molecule has 0 spiro atoms. The number of benzene rings is 2. The van der Waals surface area contributed by atoms with Crippen LogP contribution in [0.15, 0.2) is 42.5 Å². The third kappa shape index (κ3) is 6.61. The van der Waals surface area contributed by atoms with Crippen LogP contribution in [0.3, 0.4) is 0 Å². The lowest BCUT2D eigenvalue weighted by atomic mass is 10.1. The largest absolute Gasteiger partial charge is 0.497 e. The van der Waals surface area contributed by atoms with Crippen molar-refractivity contribution in [2.45, 2.75) is 32.6 Å². The van der Waals surface area contributed by atoms with Gasteiger partial charge in [-0.3, -0.25) is 9.59 Å². The van der Waals surface area contributed by atoms with Crippen LogP contribution in [-0.2, 0) is 4.79 Å². The smallest absolute Gasteiger partial charge is 0.224 e. The predicted molar refractivity (Wildman–Crippen MR) is 107 cm³/mol. The number of unbranched alkanes of at least 4 members (excludes halogenated alkanes) is 1. The van der Waals surface area contributed by atoms with Gasteiger partial charge in [0.05, 0.1) is 19.4 Å². The Kier molecular flexibility index (Phi) is 8.14. The Labute approximate surface area is 164 Å². The van der Waals surface area contributed by atoms with Crippen molar-refractivity contribution in [3.8, 4) is 11.5 Å². The van der Waals surface area contributed by atoms with E-state index in [1.807, 2.05) is 0 Å². The van der Waals surface area contributed by atoms with E-state index in [-0.39, 0.29) is 24.5 Å². The summed E-state index contributed by atoms with van der Waals surface area (Å²) >= 11 is 5.82. The zero-order valence-corrected chi connectivity index (χ0v) is 16.3. The Morgan fingerprint density at radius 1 is 1.07 bits per heavy atom. The van der Waals surface area contributed by atoms with Gasteiger partial charge in [0.1, 0.15) is 11.5 Å². The molecule has 144 valence electrons. The monoisotopic (exact) mass is 389 g/mol. The topological polar surface area (TPSA) is 64.6 Å². The van der Waals surface area contributed by atoms with Gasteiger partial charge in [0, 0.05) is 29.5 Å². The van der Waals surface area contributed by atoms with Crippen molar-refractivity contribution in [3.63, 3.8) is 0 Å². The van der Waals surface area contributed by atoms with Crippen LogP contribution in [0.25, 0.3) is 0 Å². The molecule has 0 atom stereocenters. The Morgan fingerprint density at radius 3 is 2.48 bits per heavy atom. The van der Waals surface area contributed by atoms with Gasteiger partial charge in [0.2, 0.25) is 5.91 Å². The summed E-state index contributed by atoms with van der Waals surface area (Å²) in [7, 11) is 1.56. The normalized spacial score (nSPS) is 10.3. The summed E-state index contributed by atoms with van der Waals surface area (Å²) in [5.41, 5.74) is 1.08. The molecule has 2 rings (SSSR count). The van der Waals surface area contributed by atoms with Crippen molar-refractivity contribution in [3.05, 3.63) is 53.1 Å². The third-order valence-corrected chi connectivity index (χ3v) is 4.21. The second-order valence-electron chi connectivity index (χ2n) is 6.04. The first kappa shape index (κ1) is 20.8. The van der Waals surface area contributed by atoms with Gasteiger partial charge < -0.3 is 14.8 Å². The molecule has 0 saturated carbocycles. The zero-order valence-electron chi connectivity index (χ0n) is 15.6. The Morgan fingerprint density at radius 2 is 1.81 bits per heavy atom. The second-order valence-corrected chi connectivity index (χ2v) is 6.48. The number of rotatable bonds is 10. The van der Waals surface area contributed by atoms with E-state index in [0.717, 1.165) is 12.8 Å². The number of carbonyl (C=O) groups excluding carboxylic acids is 2. The van der Waals surface area contributed by atoms with Gasteiger partial charge in [-0.15, -0.1) is 0 Å². The second kappa shape index (κ2) is 10.6. The lowest BCUT2D eigenvalue weighted by Crippen LogP contribution is -2.14. The number of halogens is 1. The van der Waals surface area contributed by atoms with Gasteiger partial charge in [0.15, 0.2) is 5.78 Å². The number of hydrogen-bond donors (Lipinski definition) is 1. The highest BCUT2D eigenvalue weighted by Crippen LogP contribution is 2.29. The Hall–Kier alpha value is -2.53. The molecule has 0 bridgehead atoms. The fourth-order valence-electron chi connectivity index (χ4n) is 2.41. The van der Waals surface area contributed by atoms with Crippen molar-refractivity contribution >= 4 is 29.0 Å². The van der Waals surface area contributed by atoms with E-state index in [9.17, 15) is 9.59 Å². The number of methoxy groups -OCH3 is 1. The maximum absolute atomic E-state index is 12.3. The Balaban J connectivity index is 1.97. The van der Waals surface area contributed by atoms with E-state index < -0.39 is 0 Å². The zero-order chi connectivity index (χ0) is 19.6. The summed E-state index contributed by atoms with van der Waals surface area (Å²) in [6.07, 6.45) is 2.14. The van der Waals surface area contributed by atoms with Crippen LogP contribution in [0, 0.1) is 0 Å². The first-order valence-corrected chi connectivity index (χ1v) is 9.30. The summed E-state index contributed by atoms with van der Waals surface area (Å²) in [6.45, 7) is 2.65. The van der Waals surface area contributed by atoms with Crippen LogP contribution < -0.4 is 14.8 Å². The minimum atomic E-state index is -0.258. The number of ether oxygens (including phenoxy) is 2. The van der Waals surface area contributed by atoms with Gasteiger partial charge in [-0.25, -0.2) is 0 Å². The van der Waals surface area contributed by atoms with Crippen LogP contribution in [0.5, 0.6) is 11.5 Å². The third-order valence-electron chi connectivity index (χ3n) is 3.96. The molecule has 6 heteroatoms. The average Bonchev–Trinajstić information content (AvgIpc) is 2.68. The van der Waals surface area contributed by atoms with Crippen molar-refractivity contribution < 1.29 is 19.1 Å². The molecule has 0 saturated heterocycles. The van der Waals surface area contributed by atoms with E-state index in [2.05, 4.69) is 12.2 Å². The molecule has 0 aliphatic heterocycles. The fourth-order valence-corrected chi connectivity index (χ4v) is 2.53. The Bertz CT molecular complexity index is 774. The molecule has 0 aliphatic carbocycles. The van der Waals surface area contributed by atoms with E-state index in [1.54, 1.807) is 49.6 Å². The lowest BCUT2D eigenvalue weighted by Gasteiger charge is -2.13. The highest BCUT2D eigenvalue weighted by Gasteiger charge is 2.13. The van der Waals surface area contributed by atoms with Crippen molar-refractivity contribution in [1.29, 1.82) is 0 Å². The van der Waals surface area contributed by atoms with E-state index in [4.69, 9.17) is 21.1 Å². The van der Waals surface area contributed by atoms with Gasteiger partial charge in [-0.05, 0) is 42.8 Å². The first-order chi connectivity index (χ1) is 13.0. The molecular formula is C21H24ClNO4. The lowest BCUT2D eigenvalue weighted by molar-refractivity contribution is -0.116. The highest BCUT2D eigenvalue weighted by molar-refractivity contribution is 6.30. The number of nitrogens with one attached hydrogen (secondary N) is 1. The molecule has 0 radical (unpaired) electrons. The summed E-state index contributed by atoms with van der Waals surface area (Å²) in [5, 5.41) is 3.38. The molecule has 0 aliphatic rings. The van der Waals surface area contributed by atoms with E-state index in [0.29, 0.717) is 34.4 Å². The van der Waals surface area contributed by atoms with Crippen LogP contribution in [0.4, 0.5) is 5.69 Å². The van der Waals surface area contributed by atoms with Gasteiger partial charge in [-0.1, -0.05) is 24.9 Å². The fraction of sp³-hybridized carbons (Fsp3) is 0.333. The number of hydrogen-bond acceptors (Lipinski definition) is 4. The number of ketones is 1. The standard InChI is InChI=1S/C21H24ClNO4/c1-3-4-13-27-20-11-9-17(26-2)14-18(20)23-21(25)12-10-19(24)15-5-7-16(22)8-6-15/h5-9,11,14H,3-4,10,12-13H2,1-2H3,(H,23,25).